The van der Waals surface area contributed by atoms with Crippen molar-refractivity contribution in [2.75, 3.05) is 0 Å². The normalized spacial score (nSPS) is 37.3. The van der Waals surface area contributed by atoms with Crippen LogP contribution in [0.15, 0.2) is 46.6 Å². The molecular weight excluding hydrogens is 240 g/mol. The molecule has 3 heteroatoms. The van der Waals surface area contributed by atoms with E-state index in [4.69, 9.17) is 4.42 Å². The SMILES string of the molecule is O=C1C(C(O)c2ccco2)=CCC12C[C@H]1C=C[C@@H]2C1. The minimum Gasteiger partial charge on any atom is -0.466 e. The van der Waals surface area contributed by atoms with Gasteiger partial charge in [0.15, 0.2) is 5.78 Å². The van der Waals surface area contributed by atoms with Crippen molar-refractivity contribution in [2.24, 2.45) is 17.3 Å². The van der Waals surface area contributed by atoms with Crippen molar-refractivity contribution in [2.45, 2.75) is 25.4 Å². The minimum atomic E-state index is -0.912. The summed E-state index contributed by atoms with van der Waals surface area (Å²) >= 11 is 0. The lowest BCUT2D eigenvalue weighted by atomic mass is 9.72. The highest BCUT2D eigenvalue weighted by Gasteiger charge is 2.56. The zero-order valence-corrected chi connectivity index (χ0v) is 10.6. The van der Waals surface area contributed by atoms with Crippen LogP contribution in [0, 0.1) is 17.3 Å². The van der Waals surface area contributed by atoms with Crippen molar-refractivity contribution < 1.29 is 14.3 Å². The van der Waals surface area contributed by atoms with E-state index in [1.54, 1.807) is 12.1 Å². The summed E-state index contributed by atoms with van der Waals surface area (Å²) in [5.74, 6) is 1.51. The predicted octanol–water partition coefficient (Wildman–Crippen LogP) is 2.79. The second-order valence-electron chi connectivity index (χ2n) is 5.96. The number of aliphatic hydroxyl groups is 1. The average Bonchev–Trinajstić information content (AvgIpc) is 3.16. The van der Waals surface area contributed by atoms with Crippen molar-refractivity contribution in [3.8, 4) is 0 Å². The Balaban J connectivity index is 1.64. The van der Waals surface area contributed by atoms with E-state index < -0.39 is 6.10 Å². The summed E-state index contributed by atoms with van der Waals surface area (Å²) in [6, 6.07) is 3.44. The number of fused-ring (bicyclic) bond motifs is 3. The Morgan fingerprint density at radius 2 is 2.32 bits per heavy atom. The van der Waals surface area contributed by atoms with E-state index in [0.29, 0.717) is 23.2 Å². The molecule has 1 N–H and O–H groups in total. The summed E-state index contributed by atoms with van der Waals surface area (Å²) in [5, 5.41) is 10.3. The van der Waals surface area contributed by atoms with Crippen LogP contribution in [0.25, 0.3) is 0 Å². The molecule has 98 valence electrons. The smallest absolute Gasteiger partial charge is 0.168 e. The summed E-state index contributed by atoms with van der Waals surface area (Å²) in [5.41, 5.74) is 0.262. The molecule has 1 aromatic heterocycles. The van der Waals surface area contributed by atoms with E-state index in [0.717, 1.165) is 19.3 Å². The predicted molar refractivity (Wildman–Crippen MR) is 69.2 cm³/mol. The van der Waals surface area contributed by atoms with Gasteiger partial charge in [-0.15, -0.1) is 0 Å². The molecule has 1 saturated carbocycles. The zero-order chi connectivity index (χ0) is 13.0. The number of furan rings is 1. The molecule has 3 nitrogen and oxygen atoms in total. The van der Waals surface area contributed by atoms with Gasteiger partial charge in [0.1, 0.15) is 11.9 Å². The molecule has 0 amide bonds. The molecule has 0 saturated heterocycles. The van der Waals surface area contributed by atoms with Gasteiger partial charge in [-0.2, -0.15) is 0 Å². The number of ketones is 1. The van der Waals surface area contributed by atoms with E-state index in [9.17, 15) is 9.90 Å². The third kappa shape index (κ3) is 1.39. The van der Waals surface area contributed by atoms with Gasteiger partial charge in [0, 0.05) is 11.0 Å². The number of allylic oxidation sites excluding steroid dienone is 3. The summed E-state index contributed by atoms with van der Waals surface area (Å²) in [7, 11) is 0. The first kappa shape index (κ1) is 11.2. The average molecular weight is 256 g/mol. The van der Waals surface area contributed by atoms with Gasteiger partial charge >= 0.3 is 0 Å². The van der Waals surface area contributed by atoms with E-state index in [1.165, 1.54) is 6.26 Å². The molecule has 2 unspecified atom stereocenters. The molecule has 1 spiro atoms. The maximum absolute atomic E-state index is 12.8. The van der Waals surface area contributed by atoms with Gasteiger partial charge in [0.25, 0.3) is 0 Å². The Morgan fingerprint density at radius 1 is 1.42 bits per heavy atom. The number of aliphatic hydroxyl groups excluding tert-OH is 1. The number of hydrogen-bond donors (Lipinski definition) is 1. The fourth-order valence-corrected chi connectivity index (χ4v) is 4.05. The highest BCUT2D eigenvalue weighted by molar-refractivity contribution is 6.04. The molecule has 2 bridgehead atoms. The van der Waals surface area contributed by atoms with Crippen LogP contribution in [0.1, 0.15) is 31.1 Å². The molecule has 1 fully saturated rings. The number of carbonyl (C=O) groups excluding carboxylic acids is 1. The van der Waals surface area contributed by atoms with E-state index >= 15 is 0 Å². The van der Waals surface area contributed by atoms with E-state index in [2.05, 4.69) is 12.2 Å². The Labute approximate surface area is 111 Å². The molecule has 0 aromatic carbocycles. The van der Waals surface area contributed by atoms with Gasteiger partial charge in [-0.05, 0) is 43.2 Å². The van der Waals surface area contributed by atoms with Crippen LogP contribution in [-0.4, -0.2) is 10.9 Å². The van der Waals surface area contributed by atoms with Crippen LogP contribution in [0.3, 0.4) is 0 Å². The molecule has 19 heavy (non-hydrogen) atoms. The lowest BCUT2D eigenvalue weighted by molar-refractivity contribution is -0.126. The standard InChI is InChI=1S/C16H16O3/c17-14(13-2-1-7-19-13)12-5-6-16(15(12)18)9-10-3-4-11(16)8-10/h1-5,7,10-11,14,17H,6,8-9H2/t10-,11+,14?,16?/m0/s1. The fourth-order valence-electron chi connectivity index (χ4n) is 4.05. The Hall–Kier alpha value is -1.61. The van der Waals surface area contributed by atoms with Crippen molar-refractivity contribution in [1.29, 1.82) is 0 Å². The van der Waals surface area contributed by atoms with Crippen LogP contribution < -0.4 is 0 Å². The molecular formula is C16H16O3. The molecule has 4 atom stereocenters. The van der Waals surface area contributed by atoms with Crippen LogP contribution in [0.4, 0.5) is 0 Å². The minimum absolute atomic E-state index is 0.133. The Kier molecular flexibility index (Phi) is 2.19. The van der Waals surface area contributed by atoms with Crippen LogP contribution in [-0.2, 0) is 4.79 Å². The van der Waals surface area contributed by atoms with Crippen LogP contribution in [0.5, 0.6) is 0 Å². The summed E-state index contributed by atoms with van der Waals surface area (Å²) in [6.07, 6.45) is 9.78. The van der Waals surface area contributed by atoms with Gasteiger partial charge in [0.2, 0.25) is 0 Å². The van der Waals surface area contributed by atoms with E-state index in [-0.39, 0.29) is 11.2 Å². The van der Waals surface area contributed by atoms with Gasteiger partial charge in [-0.3, -0.25) is 4.79 Å². The molecule has 3 aliphatic rings. The Bertz CT molecular complexity index is 581. The lowest BCUT2D eigenvalue weighted by Crippen LogP contribution is -2.33. The van der Waals surface area contributed by atoms with Crippen LogP contribution >= 0.6 is 0 Å². The van der Waals surface area contributed by atoms with Gasteiger partial charge in [-0.25, -0.2) is 0 Å². The molecule has 4 rings (SSSR count). The number of hydrogen-bond acceptors (Lipinski definition) is 3. The van der Waals surface area contributed by atoms with Crippen molar-refractivity contribution >= 4 is 5.78 Å². The van der Waals surface area contributed by atoms with Gasteiger partial charge in [-0.1, -0.05) is 18.2 Å². The Morgan fingerprint density at radius 3 is 2.95 bits per heavy atom. The molecule has 1 heterocycles. The largest absolute Gasteiger partial charge is 0.466 e. The fraction of sp³-hybridized carbons (Fsp3) is 0.438. The summed E-state index contributed by atoms with van der Waals surface area (Å²) < 4.78 is 5.21. The number of Topliss-reactive ketones (excluding diaryl/α,β-unsaturated/α-hetero) is 1. The highest BCUT2D eigenvalue weighted by Crippen LogP contribution is 2.58. The highest BCUT2D eigenvalue weighted by atomic mass is 16.4. The van der Waals surface area contributed by atoms with Crippen LogP contribution in [0.2, 0.25) is 0 Å². The van der Waals surface area contributed by atoms with E-state index in [1.807, 2.05) is 6.08 Å². The summed E-state index contributed by atoms with van der Waals surface area (Å²) in [6.45, 7) is 0. The molecule has 3 aliphatic carbocycles. The van der Waals surface area contributed by atoms with Crippen molar-refractivity contribution in [3.05, 3.63) is 48.0 Å². The monoisotopic (exact) mass is 256 g/mol. The van der Waals surface area contributed by atoms with Gasteiger partial charge in [0.05, 0.1) is 6.26 Å². The zero-order valence-electron chi connectivity index (χ0n) is 10.6. The first-order valence-electron chi connectivity index (χ1n) is 6.85. The third-order valence-electron chi connectivity index (χ3n) is 5.02. The first-order valence-corrected chi connectivity index (χ1v) is 6.85. The third-order valence-corrected chi connectivity index (χ3v) is 5.02. The number of rotatable bonds is 2. The van der Waals surface area contributed by atoms with Crippen molar-refractivity contribution in [3.63, 3.8) is 0 Å². The molecule has 0 aliphatic heterocycles. The first-order chi connectivity index (χ1) is 9.21. The number of carbonyl (C=O) groups is 1. The molecule has 0 radical (unpaired) electrons. The van der Waals surface area contributed by atoms with Crippen molar-refractivity contribution in [1.82, 2.24) is 0 Å². The summed E-state index contributed by atoms with van der Waals surface area (Å²) in [4.78, 5) is 12.8. The van der Waals surface area contributed by atoms with Gasteiger partial charge < -0.3 is 9.52 Å². The second-order valence-corrected chi connectivity index (χ2v) is 5.96. The second kappa shape index (κ2) is 3.70. The molecule has 1 aromatic rings. The quantitative estimate of drug-likeness (QED) is 0.828. The maximum atomic E-state index is 12.8. The topological polar surface area (TPSA) is 50.4 Å². The maximum Gasteiger partial charge on any atom is 0.168 e. The lowest BCUT2D eigenvalue weighted by Gasteiger charge is -2.30.